The van der Waals surface area contributed by atoms with Gasteiger partial charge in [-0.05, 0) is 6.42 Å². The Morgan fingerprint density at radius 3 is 1.82 bits per heavy atom. The first-order valence-corrected chi connectivity index (χ1v) is 12.7. The number of carboxylic acid groups (broad SMARTS) is 1. The predicted molar refractivity (Wildman–Crippen MR) is 126 cm³/mol. The topological polar surface area (TPSA) is 105 Å². The van der Waals surface area contributed by atoms with Gasteiger partial charge in [-0.2, -0.15) is 0 Å². The lowest BCUT2D eigenvalue weighted by atomic mass is 10.0. The molecular weight excluding hydrogens is 426 g/mol. The molecule has 0 saturated carbocycles. The van der Waals surface area contributed by atoms with Crippen LogP contribution in [0.4, 0.5) is 0 Å². The number of carbonyl (C=O) groups is 2. The van der Waals surface area contributed by atoms with Crippen molar-refractivity contribution >= 4 is 11.9 Å². The number of nitrogens with zero attached hydrogens (tertiary/aromatic N) is 1. The van der Waals surface area contributed by atoms with Gasteiger partial charge in [0, 0.05) is 6.42 Å². The predicted octanol–water partition coefficient (Wildman–Crippen LogP) is 2.80. The van der Waals surface area contributed by atoms with Crippen LogP contribution in [-0.2, 0) is 23.8 Å². The molecule has 0 aliphatic heterocycles. The summed E-state index contributed by atoms with van der Waals surface area (Å²) < 4.78 is 15.9. The van der Waals surface area contributed by atoms with Crippen molar-refractivity contribution in [3.05, 3.63) is 0 Å². The SMILES string of the molecule is CCCCCCCCCCCCCCC(=O)OCC(O)COC(OCC[N+](C)(C)C)C(=O)[O-]. The van der Waals surface area contributed by atoms with Gasteiger partial charge in [0.2, 0.25) is 0 Å². The van der Waals surface area contributed by atoms with E-state index in [0.29, 0.717) is 17.4 Å². The summed E-state index contributed by atoms with van der Waals surface area (Å²) >= 11 is 0. The number of aliphatic carboxylic acids is 1. The third kappa shape index (κ3) is 22.3. The maximum atomic E-state index is 11.8. The Bertz CT molecular complexity index is 494. The average molecular weight is 476 g/mol. The molecule has 196 valence electrons. The van der Waals surface area contributed by atoms with E-state index in [1.54, 1.807) is 0 Å². The van der Waals surface area contributed by atoms with Crippen LogP contribution in [0.5, 0.6) is 0 Å². The van der Waals surface area contributed by atoms with E-state index >= 15 is 0 Å². The van der Waals surface area contributed by atoms with Gasteiger partial charge in [-0.25, -0.2) is 0 Å². The molecule has 0 aromatic heterocycles. The maximum absolute atomic E-state index is 11.8. The molecule has 8 nitrogen and oxygen atoms in total. The molecule has 0 rings (SSSR count). The maximum Gasteiger partial charge on any atom is 0.305 e. The van der Waals surface area contributed by atoms with Crippen LogP contribution < -0.4 is 5.11 Å². The summed E-state index contributed by atoms with van der Waals surface area (Å²) in [6.45, 7) is 2.44. The molecule has 0 spiro atoms. The zero-order chi connectivity index (χ0) is 25.0. The van der Waals surface area contributed by atoms with Crippen LogP contribution in [0.1, 0.15) is 90.4 Å². The fraction of sp³-hybridized carbons (Fsp3) is 0.920. The van der Waals surface area contributed by atoms with Gasteiger partial charge in [0.15, 0.2) is 6.29 Å². The molecule has 0 aliphatic rings. The van der Waals surface area contributed by atoms with Crippen LogP contribution in [0, 0.1) is 0 Å². The molecule has 8 heteroatoms. The highest BCUT2D eigenvalue weighted by atomic mass is 16.7. The molecule has 0 fully saturated rings. The van der Waals surface area contributed by atoms with E-state index in [4.69, 9.17) is 14.2 Å². The quantitative estimate of drug-likeness (QED) is 0.105. The van der Waals surface area contributed by atoms with Gasteiger partial charge in [0.05, 0.1) is 40.3 Å². The van der Waals surface area contributed by atoms with Crippen molar-refractivity contribution in [1.82, 2.24) is 0 Å². The molecule has 33 heavy (non-hydrogen) atoms. The summed E-state index contributed by atoms with van der Waals surface area (Å²) in [6, 6.07) is 0. The van der Waals surface area contributed by atoms with Crippen molar-refractivity contribution in [2.45, 2.75) is 103 Å². The van der Waals surface area contributed by atoms with Crippen LogP contribution in [0.25, 0.3) is 0 Å². The standard InChI is InChI=1S/C25H49NO7/c1-5-6-7-8-9-10-11-12-13-14-15-16-17-23(28)32-20-22(27)21-33-25(24(29)30)31-19-18-26(2,3)4/h22,25,27H,5-21H2,1-4H3. The normalized spacial score (nSPS) is 13.6. The van der Waals surface area contributed by atoms with E-state index in [0.717, 1.165) is 19.3 Å². The molecule has 0 aliphatic carbocycles. The van der Waals surface area contributed by atoms with Crippen molar-refractivity contribution in [2.24, 2.45) is 0 Å². The minimum Gasteiger partial charge on any atom is -0.545 e. The lowest BCUT2D eigenvalue weighted by Crippen LogP contribution is -2.44. The third-order valence-electron chi connectivity index (χ3n) is 5.33. The Morgan fingerprint density at radius 2 is 1.33 bits per heavy atom. The molecule has 0 bridgehead atoms. The van der Waals surface area contributed by atoms with E-state index in [9.17, 15) is 19.8 Å². The number of carboxylic acids is 1. The number of quaternary nitrogens is 1. The number of esters is 1. The van der Waals surface area contributed by atoms with Crippen molar-refractivity contribution in [3.8, 4) is 0 Å². The number of carbonyl (C=O) groups excluding carboxylic acids is 2. The zero-order valence-corrected chi connectivity index (χ0v) is 21.5. The fourth-order valence-electron chi connectivity index (χ4n) is 3.24. The molecule has 0 amide bonds. The smallest absolute Gasteiger partial charge is 0.305 e. The third-order valence-corrected chi connectivity index (χ3v) is 5.33. The molecule has 0 radical (unpaired) electrons. The molecule has 2 atom stereocenters. The minimum absolute atomic E-state index is 0.173. The summed E-state index contributed by atoms with van der Waals surface area (Å²) in [5.41, 5.74) is 0. The van der Waals surface area contributed by atoms with Gasteiger partial charge < -0.3 is 33.7 Å². The number of aliphatic hydroxyl groups is 1. The monoisotopic (exact) mass is 475 g/mol. The molecule has 0 aromatic carbocycles. The molecule has 2 unspecified atom stereocenters. The van der Waals surface area contributed by atoms with Crippen LogP contribution in [-0.4, -0.2) is 81.4 Å². The van der Waals surface area contributed by atoms with Crippen molar-refractivity contribution in [2.75, 3.05) is 47.5 Å². The highest BCUT2D eigenvalue weighted by Crippen LogP contribution is 2.12. The first-order valence-electron chi connectivity index (χ1n) is 12.7. The summed E-state index contributed by atoms with van der Waals surface area (Å²) in [6.07, 6.45) is 12.3. The first-order chi connectivity index (χ1) is 15.7. The van der Waals surface area contributed by atoms with Crippen molar-refractivity contribution < 1.29 is 38.5 Å². The Balaban J connectivity index is 3.69. The lowest BCUT2D eigenvalue weighted by molar-refractivity contribution is -0.870. The van der Waals surface area contributed by atoms with Crippen LogP contribution >= 0.6 is 0 Å². The van der Waals surface area contributed by atoms with Crippen LogP contribution in [0.15, 0.2) is 0 Å². The minimum atomic E-state index is -1.57. The number of hydrogen-bond donors (Lipinski definition) is 1. The first kappa shape index (κ1) is 31.8. The summed E-state index contributed by atoms with van der Waals surface area (Å²) in [5, 5.41) is 21.0. The Kier molecular flexibility index (Phi) is 19.4. The van der Waals surface area contributed by atoms with Crippen LogP contribution in [0.2, 0.25) is 0 Å². The summed E-state index contributed by atoms with van der Waals surface area (Å²) in [5.74, 6) is -1.87. The second kappa shape index (κ2) is 20.2. The second-order valence-corrected chi connectivity index (χ2v) is 9.84. The molecule has 0 heterocycles. The average Bonchev–Trinajstić information content (AvgIpc) is 2.74. The van der Waals surface area contributed by atoms with E-state index < -0.39 is 18.4 Å². The second-order valence-electron chi connectivity index (χ2n) is 9.84. The Hall–Kier alpha value is -1.22. The van der Waals surface area contributed by atoms with Crippen LogP contribution in [0.3, 0.4) is 0 Å². The fourth-order valence-corrected chi connectivity index (χ4v) is 3.24. The van der Waals surface area contributed by atoms with Crippen molar-refractivity contribution in [1.29, 1.82) is 0 Å². The molecule has 1 N–H and O–H groups in total. The van der Waals surface area contributed by atoms with E-state index in [1.807, 2.05) is 21.1 Å². The van der Waals surface area contributed by atoms with E-state index in [1.165, 1.54) is 57.8 Å². The van der Waals surface area contributed by atoms with Gasteiger partial charge in [0.25, 0.3) is 0 Å². The number of likely N-dealkylation sites (N-methyl/N-ethyl adjacent to an activating group) is 1. The highest BCUT2D eigenvalue weighted by Gasteiger charge is 2.17. The highest BCUT2D eigenvalue weighted by molar-refractivity contribution is 5.69. The van der Waals surface area contributed by atoms with Crippen molar-refractivity contribution in [3.63, 3.8) is 0 Å². The number of ether oxygens (including phenoxy) is 3. The largest absolute Gasteiger partial charge is 0.545 e. The van der Waals surface area contributed by atoms with E-state index in [-0.39, 0.29) is 25.8 Å². The molecule has 0 aromatic rings. The number of aliphatic hydroxyl groups excluding tert-OH is 1. The van der Waals surface area contributed by atoms with Gasteiger partial charge >= 0.3 is 5.97 Å². The number of hydrogen-bond acceptors (Lipinski definition) is 7. The van der Waals surface area contributed by atoms with Gasteiger partial charge in [-0.1, -0.05) is 77.6 Å². The summed E-state index contributed by atoms with van der Waals surface area (Å²) in [4.78, 5) is 22.9. The van der Waals surface area contributed by atoms with Gasteiger partial charge in [-0.3, -0.25) is 4.79 Å². The van der Waals surface area contributed by atoms with Gasteiger partial charge in [0.1, 0.15) is 19.3 Å². The Morgan fingerprint density at radius 1 is 0.818 bits per heavy atom. The number of unbranched alkanes of at least 4 members (excludes halogenated alkanes) is 11. The van der Waals surface area contributed by atoms with E-state index in [2.05, 4.69) is 6.92 Å². The number of rotatable bonds is 23. The zero-order valence-electron chi connectivity index (χ0n) is 21.5. The lowest BCUT2D eigenvalue weighted by Gasteiger charge is -2.26. The Labute approximate surface area is 201 Å². The molecular formula is C25H49NO7. The summed E-state index contributed by atoms with van der Waals surface area (Å²) in [7, 11) is 5.86. The molecule has 0 saturated heterocycles. The van der Waals surface area contributed by atoms with Gasteiger partial charge in [-0.15, -0.1) is 0 Å².